The number of halogens is 6. The molecule has 1 amide bonds. The molecule has 3 rings (SSSR count). The first-order valence-electron chi connectivity index (χ1n) is 7.62. The largest absolute Gasteiger partial charge is 0.416 e. The fourth-order valence-corrected chi connectivity index (χ4v) is 3.00. The van der Waals surface area contributed by atoms with Crippen LogP contribution in [0.5, 0.6) is 0 Å². The van der Waals surface area contributed by atoms with Gasteiger partial charge in [-0.05, 0) is 29.8 Å². The van der Waals surface area contributed by atoms with Crippen molar-refractivity contribution in [1.82, 2.24) is 0 Å². The summed E-state index contributed by atoms with van der Waals surface area (Å²) in [5.41, 5.74) is -2.42. The summed E-state index contributed by atoms with van der Waals surface area (Å²) in [4.78, 5) is 13.3. The molecule has 27 heavy (non-hydrogen) atoms. The molecule has 0 saturated heterocycles. The van der Waals surface area contributed by atoms with Crippen LogP contribution in [-0.4, -0.2) is 5.91 Å². The second-order valence-corrected chi connectivity index (χ2v) is 5.94. The average Bonchev–Trinajstić information content (AvgIpc) is 2.89. The minimum atomic E-state index is -5.02. The second kappa shape index (κ2) is 6.30. The highest BCUT2D eigenvalue weighted by atomic mass is 19.4. The van der Waals surface area contributed by atoms with Crippen molar-refractivity contribution in [3.8, 4) is 6.07 Å². The van der Waals surface area contributed by atoms with Crippen LogP contribution in [0.4, 0.5) is 32.0 Å². The van der Waals surface area contributed by atoms with Crippen LogP contribution in [0.15, 0.2) is 36.4 Å². The van der Waals surface area contributed by atoms with Crippen molar-refractivity contribution in [2.45, 2.75) is 25.3 Å². The quantitative estimate of drug-likeness (QED) is 0.706. The van der Waals surface area contributed by atoms with E-state index in [4.69, 9.17) is 5.26 Å². The van der Waals surface area contributed by atoms with E-state index >= 15 is 0 Å². The number of carbonyl (C=O) groups is 1. The molecule has 3 nitrogen and oxygen atoms in total. The third-order valence-corrected chi connectivity index (χ3v) is 4.26. The number of alkyl halides is 6. The molecule has 9 heteroatoms. The lowest BCUT2D eigenvalue weighted by molar-refractivity contribution is -0.143. The van der Waals surface area contributed by atoms with Crippen molar-refractivity contribution >= 4 is 11.6 Å². The predicted molar refractivity (Wildman–Crippen MR) is 82.5 cm³/mol. The Kier molecular flexibility index (Phi) is 4.38. The molecule has 0 fully saturated rings. The van der Waals surface area contributed by atoms with Gasteiger partial charge in [-0.15, -0.1) is 0 Å². The lowest BCUT2D eigenvalue weighted by Gasteiger charge is -2.21. The van der Waals surface area contributed by atoms with Crippen LogP contribution >= 0.6 is 0 Å². The van der Waals surface area contributed by atoms with Gasteiger partial charge in [0, 0.05) is 11.3 Å². The van der Waals surface area contributed by atoms with Crippen LogP contribution < -0.4 is 4.90 Å². The number of hydrogen-bond acceptors (Lipinski definition) is 2. The molecule has 0 aliphatic carbocycles. The topological polar surface area (TPSA) is 44.1 Å². The SMILES string of the molecule is N#Cc1cccc2c1CC(=O)N2Cc1ccc(C(F)(F)F)cc1C(F)(F)F. The van der Waals surface area contributed by atoms with E-state index in [0.29, 0.717) is 11.6 Å². The van der Waals surface area contributed by atoms with Crippen molar-refractivity contribution in [2.75, 3.05) is 4.90 Å². The molecule has 0 spiro atoms. The van der Waals surface area contributed by atoms with E-state index < -0.39 is 41.5 Å². The number of amides is 1. The Hall–Kier alpha value is -3.02. The van der Waals surface area contributed by atoms with E-state index in [1.54, 1.807) is 0 Å². The zero-order valence-corrected chi connectivity index (χ0v) is 13.4. The van der Waals surface area contributed by atoms with Gasteiger partial charge in [0.05, 0.1) is 35.7 Å². The van der Waals surface area contributed by atoms with E-state index in [1.807, 2.05) is 6.07 Å². The summed E-state index contributed by atoms with van der Waals surface area (Å²) in [5, 5.41) is 9.09. The molecule has 140 valence electrons. The van der Waals surface area contributed by atoms with E-state index in [1.165, 1.54) is 18.2 Å². The first-order valence-corrected chi connectivity index (χ1v) is 7.62. The highest BCUT2D eigenvalue weighted by Gasteiger charge is 2.39. The summed E-state index contributed by atoms with van der Waals surface area (Å²) in [5.74, 6) is -0.527. The van der Waals surface area contributed by atoms with E-state index in [0.717, 1.165) is 11.0 Å². The van der Waals surface area contributed by atoms with Gasteiger partial charge < -0.3 is 4.90 Å². The fourth-order valence-electron chi connectivity index (χ4n) is 3.00. The Morgan fingerprint density at radius 2 is 1.74 bits per heavy atom. The number of anilines is 1. The summed E-state index contributed by atoms with van der Waals surface area (Å²) in [6.45, 7) is -0.548. The molecule has 0 unspecified atom stereocenters. The van der Waals surface area contributed by atoms with Crippen LogP contribution in [0, 0.1) is 11.3 Å². The van der Waals surface area contributed by atoms with Crippen LogP contribution in [0.1, 0.15) is 27.8 Å². The van der Waals surface area contributed by atoms with Gasteiger partial charge in [-0.3, -0.25) is 4.79 Å². The van der Waals surface area contributed by atoms with Crippen molar-refractivity contribution in [3.05, 3.63) is 64.2 Å². The molecule has 0 bridgehead atoms. The van der Waals surface area contributed by atoms with Crippen molar-refractivity contribution in [2.24, 2.45) is 0 Å². The minimum Gasteiger partial charge on any atom is -0.307 e. The first-order chi connectivity index (χ1) is 12.5. The molecule has 1 aliphatic rings. The minimum absolute atomic E-state index is 0.0441. The van der Waals surface area contributed by atoms with E-state index in [-0.39, 0.29) is 23.7 Å². The Labute approximate surface area is 149 Å². The summed E-state index contributed by atoms with van der Waals surface area (Å²) in [7, 11) is 0. The number of hydrogen-bond donors (Lipinski definition) is 0. The molecular weight excluding hydrogens is 374 g/mol. The predicted octanol–water partition coefficient (Wildman–Crippen LogP) is 4.69. The number of nitriles is 1. The Bertz CT molecular complexity index is 956. The molecule has 0 atom stereocenters. The number of fused-ring (bicyclic) bond motifs is 1. The number of nitrogens with zero attached hydrogens (tertiary/aromatic N) is 2. The molecule has 1 heterocycles. The molecule has 2 aromatic rings. The molecule has 2 aromatic carbocycles. The normalized spacial score (nSPS) is 14.3. The highest BCUT2D eigenvalue weighted by Crippen LogP contribution is 2.39. The van der Waals surface area contributed by atoms with Crippen LogP contribution in [0.25, 0.3) is 0 Å². The Morgan fingerprint density at radius 1 is 1.04 bits per heavy atom. The lowest BCUT2D eigenvalue weighted by atomic mass is 10.0. The number of carbonyl (C=O) groups excluding carboxylic acids is 1. The maximum absolute atomic E-state index is 13.3. The number of rotatable bonds is 2. The maximum Gasteiger partial charge on any atom is 0.416 e. The van der Waals surface area contributed by atoms with Crippen molar-refractivity contribution < 1.29 is 31.1 Å². The fraction of sp³-hybridized carbons (Fsp3) is 0.222. The summed E-state index contributed by atoms with van der Waals surface area (Å²) >= 11 is 0. The van der Waals surface area contributed by atoms with Gasteiger partial charge in [0.15, 0.2) is 0 Å². The second-order valence-electron chi connectivity index (χ2n) is 5.94. The third kappa shape index (κ3) is 3.47. The molecule has 0 aromatic heterocycles. The summed E-state index contributed by atoms with van der Waals surface area (Å²) < 4.78 is 78.2. The molecule has 0 radical (unpaired) electrons. The lowest BCUT2D eigenvalue weighted by Crippen LogP contribution is -2.27. The summed E-state index contributed by atoms with van der Waals surface area (Å²) in [6.07, 6.45) is -10.1. The molecule has 0 saturated carbocycles. The van der Waals surface area contributed by atoms with Crippen LogP contribution in [-0.2, 0) is 30.1 Å². The molecule has 0 N–H and O–H groups in total. The van der Waals surface area contributed by atoms with Gasteiger partial charge in [0.25, 0.3) is 0 Å². The smallest absolute Gasteiger partial charge is 0.307 e. The van der Waals surface area contributed by atoms with Crippen molar-refractivity contribution in [3.63, 3.8) is 0 Å². The zero-order valence-electron chi connectivity index (χ0n) is 13.4. The average molecular weight is 384 g/mol. The summed E-state index contributed by atoms with van der Waals surface area (Å²) in [6, 6.07) is 7.68. The van der Waals surface area contributed by atoms with Gasteiger partial charge in [0.1, 0.15) is 0 Å². The monoisotopic (exact) mass is 384 g/mol. The highest BCUT2D eigenvalue weighted by molar-refractivity contribution is 6.02. The van der Waals surface area contributed by atoms with Gasteiger partial charge in [0.2, 0.25) is 5.91 Å². The van der Waals surface area contributed by atoms with Gasteiger partial charge in [-0.2, -0.15) is 31.6 Å². The van der Waals surface area contributed by atoms with Crippen molar-refractivity contribution in [1.29, 1.82) is 5.26 Å². The van der Waals surface area contributed by atoms with Crippen LogP contribution in [0.2, 0.25) is 0 Å². The van der Waals surface area contributed by atoms with Crippen LogP contribution in [0.3, 0.4) is 0 Å². The maximum atomic E-state index is 13.3. The standard InChI is InChI=1S/C18H10F6N2O/c19-17(20,21)12-5-4-11(14(6-12)18(22,23)24)9-26-15-3-1-2-10(8-25)13(15)7-16(26)27/h1-6H,7,9H2. The number of benzene rings is 2. The Balaban J connectivity index is 2.05. The molecular formula is C18H10F6N2O. The van der Waals surface area contributed by atoms with Gasteiger partial charge in [-0.1, -0.05) is 12.1 Å². The van der Waals surface area contributed by atoms with Gasteiger partial charge >= 0.3 is 12.4 Å². The van der Waals surface area contributed by atoms with E-state index in [9.17, 15) is 31.1 Å². The zero-order chi connectivity index (χ0) is 20.0. The Morgan fingerprint density at radius 3 is 2.33 bits per heavy atom. The molecule has 1 aliphatic heterocycles. The third-order valence-electron chi connectivity index (χ3n) is 4.26. The van der Waals surface area contributed by atoms with E-state index in [2.05, 4.69) is 0 Å². The first kappa shape index (κ1) is 18.8. The van der Waals surface area contributed by atoms with Gasteiger partial charge in [-0.25, -0.2) is 0 Å².